The minimum atomic E-state index is 0.0508. The fourth-order valence-electron chi connectivity index (χ4n) is 7.99. The third kappa shape index (κ3) is 4.13. The van der Waals surface area contributed by atoms with Crippen molar-refractivity contribution in [2.45, 2.75) is 51.4 Å². The minimum Gasteiger partial charge on any atom is -0.458 e. The number of hydrogen-bond acceptors (Lipinski definition) is 3. The van der Waals surface area contributed by atoms with E-state index in [0.717, 1.165) is 51.9 Å². The molecule has 6 aromatic carbocycles. The van der Waals surface area contributed by atoms with E-state index in [1.165, 1.54) is 39.2 Å². The van der Waals surface area contributed by atoms with Crippen LogP contribution < -0.4 is 30.8 Å². The molecule has 0 unspecified atom stereocenters. The summed E-state index contributed by atoms with van der Waals surface area (Å²) >= 11 is 0. The first-order chi connectivity index (χ1) is 22.3. The van der Waals surface area contributed by atoms with E-state index < -0.39 is 0 Å². The van der Waals surface area contributed by atoms with Crippen molar-refractivity contribution in [1.82, 2.24) is 0 Å². The smallest absolute Gasteiger partial charge is 0.260 e. The van der Waals surface area contributed by atoms with E-state index >= 15 is 0 Å². The molecule has 2 aliphatic heterocycles. The van der Waals surface area contributed by atoms with Crippen LogP contribution in [0.1, 0.15) is 51.7 Å². The van der Waals surface area contributed by atoms with Gasteiger partial charge in [0, 0.05) is 29.0 Å². The highest BCUT2D eigenvalue weighted by Gasteiger charge is 2.41. The summed E-state index contributed by atoms with van der Waals surface area (Å²) < 4.78 is 13.4. The van der Waals surface area contributed by atoms with Crippen LogP contribution in [0.4, 0.5) is 17.1 Å². The zero-order chi connectivity index (χ0) is 31.2. The van der Waals surface area contributed by atoms with Crippen LogP contribution in [0.3, 0.4) is 0 Å². The fraction of sp³-hybridized carbons (Fsp3) is 0.190. The zero-order valence-electron chi connectivity index (χ0n) is 26.8. The number of benzene rings is 6. The van der Waals surface area contributed by atoms with Gasteiger partial charge in [0.2, 0.25) is 0 Å². The first-order valence-corrected chi connectivity index (χ1v) is 16.4. The van der Waals surface area contributed by atoms with Crippen LogP contribution in [0.25, 0.3) is 10.8 Å². The molecule has 0 saturated heterocycles. The second-order valence-corrected chi connectivity index (χ2v) is 14.4. The van der Waals surface area contributed by atoms with Gasteiger partial charge in [-0.3, -0.25) is 0 Å². The Hall–Kier alpha value is -4.96. The molecule has 6 aromatic rings. The van der Waals surface area contributed by atoms with Gasteiger partial charge in [0.05, 0.1) is 5.69 Å². The maximum Gasteiger partial charge on any atom is 0.260 e. The topological polar surface area (TPSA) is 21.7 Å². The van der Waals surface area contributed by atoms with Gasteiger partial charge in [-0.25, -0.2) is 0 Å². The maximum absolute atomic E-state index is 6.72. The van der Waals surface area contributed by atoms with Crippen LogP contribution in [0.15, 0.2) is 121 Å². The molecule has 0 radical (unpaired) electrons. The van der Waals surface area contributed by atoms with E-state index in [2.05, 4.69) is 154 Å². The van der Waals surface area contributed by atoms with Crippen molar-refractivity contribution >= 4 is 50.9 Å². The van der Waals surface area contributed by atoms with Crippen LogP contribution >= 0.6 is 0 Å². The van der Waals surface area contributed by atoms with Gasteiger partial charge in [-0.2, -0.15) is 0 Å². The number of fused-ring (bicyclic) bond motifs is 6. The van der Waals surface area contributed by atoms with Crippen LogP contribution in [0.5, 0.6) is 23.0 Å². The summed E-state index contributed by atoms with van der Waals surface area (Å²) in [6.45, 7) is 9.61. The molecule has 0 N–H and O–H groups in total. The lowest BCUT2D eigenvalue weighted by atomic mass is 9.35. The highest BCUT2D eigenvalue weighted by molar-refractivity contribution is 6.98. The molecule has 4 heteroatoms. The van der Waals surface area contributed by atoms with Gasteiger partial charge in [0.25, 0.3) is 6.71 Å². The van der Waals surface area contributed by atoms with Crippen molar-refractivity contribution in [2.75, 3.05) is 4.90 Å². The van der Waals surface area contributed by atoms with Gasteiger partial charge >= 0.3 is 0 Å². The molecule has 0 saturated carbocycles. The van der Waals surface area contributed by atoms with Crippen LogP contribution in [-0.2, 0) is 10.8 Å². The van der Waals surface area contributed by atoms with E-state index in [0.29, 0.717) is 0 Å². The molecule has 0 aromatic heterocycles. The molecule has 0 atom stereocenters. The SMILES string of the molecule is CC1(C)CCC(C)(C)c2cc(N(c3cc4c5c(c3)Oc3ccccc3B5c3ccccc3O4)c3ccc4ccccc4c3)ccc21. The summed E-state index contributed by atoms with van der Waals surface area (Å²) in [7, 11) is 0. The number of rotatable bonds is 3. The Kier molecular flexibility index (Phi) is 5.81. The molecule has 3 aliphatic rings. The molecule has 3 nitrogen and oxygen atoms in total. The summed E-state index contributed by atoms with van der Waals surface area (Å²) in [5, 5.41) is 2.43. The van der Waals surface area contributed by atoms with Gasteiger partial charge < -0.3 is 14.4 Å². The third-order valence-electron chi connectivity index (χ3n) is 10.6. The summed E-state index contributed by atoms with van der Waals surface area (Å²) in [6.07, 6.45) is 2.35. The van der Waals surface area contributed by atoms with Crippen LogP contribution in [-0.4, -0.2) is 6.71 Å². The third-order valence-corrected chi connectivity index (χ3v) is 10.6. The van der Waals surface area contributed by atoms with Crippen molar-refractivity contribution in [3.63, 3.8) is 0 Å². The molecule has 0 amide bonds. The van der Waals surface area contributed by atoms with Gasteiger partial charge in [0.1, 0.15) is 23.0 Å². The lowest BCUT2D eigenvalue weighted by molar-refractivity contribution is 0.332. The van der Waals surface area contributed by atoms with Crippen LogP contribution in [0.2, 0.25) is 0 Å². The fourth-order valence-corrected chi connectivity index (χ4v) is 7.99. The molecule has 2 heterocycles. The standard InChI is InChI=1S/C42H36BNO2/c1-41(2)21-22-42(3,4)33-24-30(19-20-32(33)41)44(29-18-17-27-11-5-6-12-28(27)23-29)31-25-38-40-39(26-31)46-37-16-10-8-14-35(37)43(40)34-13-7-9-15-36(34)45-38/h5-20,23-26H,21-22H2,1-4H3. The van der Waals surface area contributed by atoms with Gasteiger partial charge in [-0.15, -0.1) is 0 Å². The van der Waals surface area contributed by atoms with Gasteiger partial charge in [0.15, 0.2) is 0 Å². The Morgan fingerprint density at radius 2 is 1.04 bits per heavy atom. The summed E-state index contributed by atoms with van der Waals surface area (Å²) in [4.78, 5) is 2.38. The number of nitrogens with zero attached hydrogens (tertiary/aromatic N) is 1. The molecular weight excluding hydrogens is 561 g/mol. The molecule has 9 rings (SSSR count). The highest BCUT2D eigenvalue weighted by Crippen LogP contribution is 2.49. The van der Waals surface area contributed by atoms with Crippen molar-refractivity contribution in [3.05, 3.63) is 132 Å². The highest BCUT2D eigenvalue weighted by atomic mass is 16.5. The zero-order valence-corrected chi connectivity index (χ0v) is 26.8. The summed E-state index contributed by atoms with van der Waals surface area (Å²) in [5.41, 5.74) is 9.79. The van der Waals surface area contributed by atoms with Gasteiger partial charge in [-0.05, 0) is 92.9 Å². The molecule has 46 heavy (non-hydrogen) atoms. The second-order valence-electron chi connectivity index (χ2n) is 14.4. The van der Waals surface area contributed by atoms with E-state index in [4.69, 9.17) is 9.47 Å². The average molecular weight is 598 g/mol. The molecule has 0 bridgehead atoms. The number of para-hydroxylation sites is 2. The Bertz CT molecular complexity index is 2130. The van der Waals surface area contributed by atoms with E-state index in [1.54, 1.807) is 0 Å². The lowest BCUT2D eigenvalue weighted by Crippen LogP contribution is -2.57. The van der Waals surface area contributed by atoms with Gasteiger partial charge in [-0.1, -0.05) is 100 Å². The Morgan fingerprint density at radius 1 is 0.500 bits per heavy atom. The Morgan fingerprint density at radius 3 is 1.72 bits per heavy atom. The Labute approximate surface area is 271 Å². The average Bonchev–Trinajstić information content (AvgIpc) is 3.07. The van der Waals surface area contributed by atoms with Crippen molar-refractivity contribution in [2.24, 2.45) is 0 Å². The molecule has 224 valence electrons. The predicted molar refractivity (Wildman–Crippen MR) is 192 cm³/mol. The second kappa shape index (κ2) is 9.77. The molecule has 1 aliphatic carbocycles. The van der Waals surface area contributed by atoms with Crippen molar-refractivity contribution in [1.29, 1.82) is 0 Å². The minimum absolute atomic E-state index is 0.0508. The lowest BCUT2D eigenvalue weighted by Gasteiger charge is -2.42. The van der Waals surface area contributed by atoms with Crippen molar-refractivity contribution in [3.8, 4) is 23.0 Å². The van der Waals surface area contributed by atoms with E-state index in [-0.39, 0.29) is 17.5 Å². The molecular formula is C42H36BNO2. The van der Waals surface area contributed by atoms with Crippen LogP contribution in [0, 0.1) is 0 Å². The number of anilines is 3. The molecule has 0 fully saturated rings. The van der Waals surface area contributed by atoms with Crippen molar-refractivity contribution < 1.29 is 9.47 Å². The maximum atomic E-state index is 6.72. The number of hydrogen-bond donors (Lipinski definition) is 0. The number of ether oxygens (including phenoxy) is 2. The quantitative estimate of drug-likeness (QED) is 0.190. The first-order valence-electron chi connectivity index (χ1n) is 16.4. The normalized spacial score (nSPS) is 16.3. The summed E-state index contributed by atoms with van der Waals surface area (Å²) in [5.74, 6) is 3.48. The van der Waals surface area contributed by atoms with E-state index in [1.807, 2.05) is 0 Å². The first kappa shape index (κ1) is 27.4. The predicted octanol–water partition coefficient (Wildman–Crippen LogP) is 9.39. The monoisotopic (exact) mass is 597 g/mol. The largest absolute Gasteiger partial charge is 0.458 e. The Balaban J connectivity index is 1.28. The van der Waals surface area contributed by atoms with E-state index in [9.17, 15) is 0 Å². The summed E-state index contributed by atoms with van der Waals surface area (Å²) in [6, 6.07) is 43.7. The molecule has 0 spiro atoms.